The molecule has 0 saturated carbocycles. The number of nitrogens with zero attached hydrogens (tertiary/aromatic N) is 1. The van der Waals surface area contributed by atoms with Crippen LogP contribution in [-0.4, -0.2) is 15.9 Å². The number of benzene rings is 2. The molecule has 20 heavy (non-hydrogen) atoms. The molecule has 2 aromatic carbocycles. The van der Waals surface area contributed by atoms with Crippen molar-refractivity contribution in [1.29, 1.82) is 5.26 Å². The van der Waals surface area contributed by atoms with Crippen molar-refractivity contribution in [3.63, 3.8) is 0 Å². The molecule has 0 fully saturated rings. The van der Waals surface area contributed by atoms with Crippen LogP contribution in [0, 0.1) is 11.3 Å². The van der Waals surface area contributed by atoms with Gasteiger partial charge in [-0.1, -0.05) is 30.3 Å². The zero-order chi connectivity index (χ0) is 14.4. The summed E-state index contributed by atoms with van der Waals surface area (Å²) in [5, 5.41) is 11.5. The molecule has 0 aromatic heterocycles. The van der Waals surface area contributed by atoms with Gasteiger partial charge < -0.3 is 5.32 Å². The first-order chi connectivity index (χ1) is 9.70. The minimum atomic E-state index is -1.39. The second-order valence-electron chi connectivity index (χ2n) is 4.01. The highest BCUT2D eigenvalue weighted by Gasteiger charge is 2.11. The highest BCUT2D eigenvalue weighted by atomic mass is 32.2. The molecule has 0 radical (unpaired) electrons. The van der Waals surface area contributed by atoms with Crippen molar-refractivity contribution in [1.82, 2.24) is 0 Å². The zero-order valence-corrected chi connectivity index (χ0v) is 11.4. The van der Waals surface area contributed by atoms with Crippen molar-refractivity contribution in [2.24, 2.45) is 0 Å². The third-order valence-corrected chi connectivity index (χ3v) is 3.91. The fraction of sp³-hybridized carbons (Fsp3) is 0.0667. The Hall–Kier alpha value is -2.45. The highest BCUT2D eigenvalue weighted by molar-refractivity contribution is 7.85. The second-order valence-corrected chi connectivity index (χ2v) is 5.46. The molecule has 0 aliphatic heterocycles. The third-order valence-electron chi connectivity index (χ3n) is 2.59. The third kappa shape index (κ3) is 3.53. The maximum absolute atomic E-state index is 12.0. The Bertz CT molecular complexity index is 678. The average Bonchev–Trinajstić information content (AvgIpc) is 2.48. The number of nitrogens with one attached hydrogen (secondary N) is 1. The van der Waals surface area contributed by atoms with E-state index < -0.39 is 10.8 Å². The van der Waals surface area contributed by atoms with E-state index >= 15 is 0 Å². The molecule has 0 bridgehead atoms. The first-order valence-corrected chi connectivity index (χ1v) is 7.25. The number of amides is 1. The number of para-hydroxylation sites is 1. The van der Waals surface area contributed by atoms with E-state index in [4.69, 9.17) is 5.26 Å². The first kappa shape index (κ1) is 14.0. The van der Waals surface area contributed by atoms with E-state index in [-0.39, 0.29) is 11.7 Å². The summed E-state index contributed by atoms with van der Waals surface area (Å²) in [5.41, 5.74) is 0.816. The summed E-state index contributed by atoms with van der Waals surface area (Å²) >= 11 is 0. The summed E-state index contributed by atoms with van der Waals surface area (Å²) in [7, 11) is -1.39. The van der Waals surface area contributed by atoms with Crippen LogP contribution in [0.15, 0.2) is 59.5 Å². The molecule has 0 heterocycles. The molecule has 2 rings (SSSR count). The van der Waals surface area contributed by atoms with Crippen molar-refractivity contribution >= 4 is 22.4 Å². The van der Waals surface area contributed by atoms with Gasteiger partial charge in [0.1, 0.15) is 11.8 Å². The van der Waals surface area contributed by atoms with Crippen LogP contribution in [0.4, 0.5) is 5.69 Å². The van der Waals surface area contributed by atoms with Crippen molar-refractivity contribution in [2.45, 2.75) is 4.90 Å². The maximum Gasteiger partial charge on any atom is 0.237 e. The number of hydrogen-bond acceptors (Lipinski definition) is 3. The molecule has 5 heteroatoms. The lowest BCUT2D eigenvalue weighted by molar-refractivity contribution is -0.113. The Balaban J connectivity index is 2.03. The predicted octanol–water partition coefficient (Wildman–Crippen LogP) is 2.30. The molecule has 1 unspecified atom stereocenters. The van der Waals surface area contributed by atoms with Gasteiger partial charge in [0.15, 0.2) is 0 Å². The quantitative estimate of drug-likeness (QED) is 0.936. The summed E-state index contributed by atoms with van der Waals surface area (Å²) in [6, 6.07) is 17.5. The minimum Gasteiger partial charge on any atom is -0.324 e. The lowest BCUT2D eigenvalue weighted by Gasteiger charge is -2.06. The van der Waals surface area contributed by atoms with Crippen molar-refractivity contribution < 1.29 is 9.00 Å². The fourth-order valence-corrected chi connectivity index (χ4v) is 2.59. The molecule has 1 amide bonds. The highest BCUT2D eigenvalue weighted by Crippen LogP contribution is 2.14. The average molecular weight is 284 g/mol. The molecular formula is C15H12N2O2S. The Morgan fingerprint density at radius 1 is 1.10 bits per heavy atom. The summed E-state index contributed by atoms with van der Waals surface area (Å²) in [6.07, 6.45) is 0. The maximum atomic E-state index is 12.0. The number of carbonyl (C=O) groups is 1. The predicted molar refractivity (Wildman–Crippen MR) is 77.5 cm³/mol. The van der Waals surface area contributed by atoms with E-state index in [9.17, 15) is 9.00 Å². The number of nitriles is 1. The van der Waals surface area contributed by atoms with Gasteiger partial charge in [-0.3, -0.25) is 9.00 Å². The van der Waals surface area contributed by atoms with Crippen LogP contribution < -0.4 is 5.32 Å². The Morgan fingerprint density at radius 3 is 2.45 bits per heavy atom. The van der Waals surface area contributed by atoms with Crippen LogP contribution in [0.25, 0.3) is 0 Å². The normalized spacial score (nSPS) is 11.3. The van der Waals surface area contributed by atoms with Crippen LogP contribution >= 0.6 is 0 Å². The Kier molecular flexibility index (Phi) is 4.64. The molecule has 4 nitrogen and oxygen atoms in total. The number of carbonyl (C=O) groups excluding carboxylic acids is 1. The van der Waals surface area contributed by atoms with Crippen molar-refractivity contribution in [2.75, 3.05) is 11.1 Å². The second kappa shape index (κ2) is 6.64. The largest absolute Gasteiger partial charge is 0.324 e. The van der Waals surface area contributed by atoms with E-state index in [0.29, 0.717) is 16.1 Å². The van der Waals surface area contributed by atoms with E-state index in [1.807, 2.05) is 12.1 Å². The van der Waals surface area contributed by atoms with Gasteiger partial charge in [0.2, 0.25) is 5.91 Å². The van der Waals surface area contributed by atoms with Gasteiger partial charge in [-0.15, -0.1) is 0 Å². The van der Waals surface area contributed by atoms with Gasteiger partial charge >= 0.3 is 0 Å². The van der Waals surface area contributed by atoms with Crippen LogP contribution in [0.5, 0.6) is 0 Å². The van der Waals surface area contributed by atoms with Crippen LogP contribution in [0.2, 0.25) is 0 Å². The van der Waals surface area contributed by atoms with E-state index in [0.717, 1.165) is 0 Å². The fourth-order valence-electron chi connectivity index (χ4n) is 1.65. The smallest absolute Gasteiger partial charge is 0.237 e. The number of rotatable bonds is 4. The summed E-state index contributed by atoms with van der Waals surface area (Å²) in [4.78, 5) is 12.5. The summed E-state index contributed by atoms with van der Waals surface area (Å²) in [6.45, 7) is 0. The van der Waals surface area contributed by atoms with Crippen molar-refractivity contribution in [3.8, 4) is 6.07 Å². The summed E-state index contributed by atoms with van der Waals surface area (Å²) < 4.78 is 12.0. The van der Waals surface area contributed by atoms with Crippen LogP contribution in [0.1, 0.15) is 5.56 Å². The molecular weight excluding hydrogens is 272 g/mol. The topological polar surface area (TPSA) is 70.0 Å². The molecule has 100 valence electrons. The molecule has 0 spiro atoms. The van der Waals surface area contributed by atoms with Crippen LogP contribution in [0.3, 0.4) is 0 Å². The molecule has 0 aliphatic rings. The van der Waals surface area contributed by atoms with E-state index in [2.05, 4.69) is 5.32 Å². The van der Waals surface area contributed by atoms with Gasteiger partial charge in [-0.2, -0.15) is 5.26 Å². The lowest BCUT2D eigenvalue weighted by atomic mass is 10.2. The number of anilines is 1. The monoisotopic (exact) mass is 284 g/mol. The van der Waals surface area contributed by atoms with Gasteiger partial charge in [0.25, 0.3) is 0 Å². The SMILES string of the molecule is N#Cc1ccccc1NC(=O)CS(=O)c1ccccc1. The molecule has 1 N–H and O–H groups in total. The minimum absolute atomic E-state index is 0.135. The zero-order valence-electron chi connectivity index (χ0n) is 10.6. The van der Waals surface area contributed by atoms with Gasteiger partial charge in [-0.05, 0) is 24.3 Å². The van der Waals surface area contributed by atoms with E-state index in [1.54, 1.807) is 48.5 Å². The Morgan fingerprint density at radius 2 is 1.75 bits per heavy atom. The molecule has 0 saturated heterocycles. The standard InChI is InChI=1S/C15H12N2O2S/c16-10-12-6-4-5-9-14(12)17-15(18)11-20(19)13-7-2-1-3-8-13/h1-9H,11H2,(H,17,18). The first-order valence-electron chi connectivity index (χ1n) is 5.93. The lowest BCUT2D eigenvalue weighted by Crippen LogP contribution is -2.20. The molecule has 2 aromatic rings. The Labute approximate surface area is 119 Å². The van der Waals surface area contributed by atoms with E-state index in [1.165, 1.54) is 0 Å². The number of hydrogen-bond donors (Lipinski definition) is 1. The molecule has 1 atom stereocenters. The van der Waals surface area contributed by atoms with Crippen molar-refractivity contribution in [3.05, 3.63) is 60.2 Å². The van der Waals surface area contributed by atoms with Gasteiger partial charge in [0.05, 0.1) is 22.1 Å². The van der Waals surface area contributed by atoms with Crippen LogP contribution in [-0.2, 0) is 15.6 Å². The summed E-state index contributed by atoms with van der Waals surface area (Å²) in [5.74, 6) is -0.515. The van der Waals surface area contributed by atoms with Gasteiger partial charge in [0, 0.05) is 4.90 Å². The van der Waals surface area contributed by atoms with Gasteiger partial charge in [-0.25, -0.2) is 0 Å². The molecule has 0 aliphatic carbocycles.